The van der Waals surface area contributed by atoms with Gasteiger partial charge in [-0.25, -0.2) is 4.39 Å². The lowest BCUT2D eigenvalue weighted by Crippen LogP contribution is -2.30. The van der Waals surface area contributed by atoms with E-state index in [1.54, 1.807) is 13.1 Å². The largest absolute Gasteiger partial charge is 0.360 e. The van der Waals surface area contributed by atoms with E-state index in [1.165, 1.54) is 11.0 Å². The summed E-state index contributed by atoms with van der Waals surface area (Å²) >= 11 is 0. The number of halogens is 1. The number of fused-ring (bicyclic) bond motifs is 1. The van der Waals surface area contributed by atoms with Crippen LogP contribution in [0.25, 0.3) is 10.8 Å². The second-order valence-electron chi connectivity index (χ2n) is 5.82. The van der Waals surface area contributed by atoms with Gasteiger partial charge in [-0.05, 0) is 23.6 Å². The summed E-state index contributed by atoms with van der Waals surface area (Å²) in [5, 5.41) is 15.8. The standard InChI is InChI=1S/C19H16FN3O3/c1-22(17-10-9-14(20)11-18(17)23(25)26)12-19(24)21-16-8-4-6-13-5-2-3-7-15(13)16/h2-11H,12H2,1H3,(H,21,24). The van der Waals surface area contributed by atoms with Gasteiger partial charge in [-0.1, -0.05) is 36.4 Å². The first-order valence-corrected chi connectivity index (χ1v) is 7.88. The number of nitrogens with one attached hydrogen (secondary N) is 1. The molecule has 7 heteroatoms. The molecule has 0 aliphatic heterocycles. The Morgan fingerprint density at radius 2 is 1.88 bits per heavy atom. The average Bonchev–Trinajstić information content (AvgIpc) is 2.61. The molecule has 0 fully saturated rings. The topological polar surface area (TPSA) is 75.5 Å². The van der Waals surface area contributed by atoms with Crippen LogP contribution in [0.3, 0.4) is 0 Å². The zero-order valence-electron chi connectivity index (χ0n) is 14.0. The molecule has 1 amide bonds. The molecule has 3 aromatic carbocycles. The summed E-state index contributed by atoms with van der Waals surface area (Å²) < 4.78 is 13.3. The molecule has 0 aromatic heterocycles. The number of nitrogens with zero attached hydrogens (tertiary/aromatic N) is 2. The van der Waals surface area contributed by atoms with Gasteiger partial charge in [0, 0.05) is 18.1 Å². The number of anilines is 2. The number of hydrogen-bond donors (Lipinski definition) is 1. The van der Waals surface area contributed by atoms with E-state index in [2.05, 4.69) is 5.32 Å². The van der Waals surface area contributed by atoms with Gasteiger partial charge in [-0.2, -0.15) is 0 Å². The minimum atomic E-state index is -0.700. The third-order valence-electron chi connectivity index (χ3n) is 3.99. The Bertz CT molecular complexity index is 985. The molecule has 132 valence electrons. The van der Waals surface area contributed by atoms with Gasteiger partial charge in [0.2, 0.25) is 5.91 Å². The highest BCUT2D eigenvalue weighted by Crippen LogP contribution is 2.28. The fraction of sp³-hybridized carbons (Fsp3) is 0.105. The van der Waals surface area contributed by atoms with Crippen molar-refractivity contribution in [3.63, 3.8) is 0 Å². The molecule has 0 spiro atoms. The van der Waals surface area contributed by atoms with Crippen LogP contribution >= 0.6 is 0 Å². The van der Waals surface area contributed by atoms with Crippen molar-refractivity contribution in [2.75, 3.05) is 23.8 Å². The summed E-state index contributed by atoms with van der Waals surface area (Å²) in [5.74, 6) is -1.03. The molecular formula is C19H16FN3O3. The molecule has 3 rings (SSSR count). The lowest BCUT2D eigenvalue weighted by molar-refractivity contribution is -0.384. The fourth-order valence-corrected chi connectivity index (χ4v) is 2.79. The van der Waals surface area contributed by atoms with Crippen molar-refractivity contribution < 1.29 is 14.1 Å². The molecule has 1 N–H and O–H groups in total. The zero-order valence-corrected chi connectivity index (χ0v) is 14.0. The molecule has 0 bridgehead atoms. The highest BCUT2D eigenvalue weighted by atomic mass is 19.1. The Labute approximate surface area is 149 Å². The number of benzene rings is 3. The monoisotopic (exact) mass is 353 g/mol. The molecule has 0 aliphatic rings. The maximum absolute atomic E-state index is 13.3. The summed E-state index contributed by atoms with van der Waals surface area (Å²) in [6.07, 6.45) is 0. The Hall–Kier alpha value is -3.48. The number of nitro groups is 1. The summed E-state index contributed by atoms with van der Waals surface area (Å²) in [4.78, 5) is 24.3. The second kappa shape index (κ2) is 7.18. The van der Waals surface area contributed by atoms with Crippen LogP contribution < -0.4 is 10.2 Å². The normalized spacial score (nSPS) is 10.5. The van der Waals surface area contributed by atoms with Crippen LogP contribution in [0.5, 0.6) is 0 Å². The van der Waals surface area contributed by atoms with Crippen molar-refractivity contribution in [2.24, 2.45) is 0 Å². The number of nitro benzene ring substituents is 1. The fourth-order valence-electron chi connectivity index (χ4n) is 2.79. The molecule has 0 aliphatic carbocycles. The van der Waals surface area contributed by atoms with Gasteiger partial charge in [0.25, 0.3) is 5.69 Å². The van der Waals surface area contributed by atoms with Gasteiger partial charge >= 0.3 is 0 Å². The van der Waals surface area contributed by atoms with Crippen LogP contribution in [0.15, 0.2) is 60.7 Å². The number of carbonyl (C=O) groups excluding carboxylic acids is 1. The first-order valence-electron chi connectivity index (χ1n) is 7.88. The van der Waals surface area contributed by atoms with Gasteiger partial charge in [0.1, 0.15) is 11.5 Å². The van der Waals surface area contributed by atoms with Gasteiger partial charge in [0.05, 0.1) is 17.5 Å². The van der Waals surface area contributed by atoms with Gasteiger partial charge in [-0.3, -0.25) is 14.9 Å². The van der Waals surface area contributed by atoms with E-state index in [-0.39, 0.29) is 23.8 Å². The predicted octanol–water partition coefficient (Wildman–Crippen LogP) is 3.96. The van der Waals surface area contributed by atoms with Crippen molar-refractivity contribution in [3.8, 4) is 0 Å². The Morgan fingerprint density at radius 1 is 1.15 bits per heavy atom. The molecule has 0 saturated heterocycles. The van der Waals surface area contributed by atoms with Crippen molar-refractivity contribution in [3.05, 3.63) is 76.6 Å². The summed E-state index contributed by atoms with van der Waals surface area (Å²) in [6, 6.07) is 16.5. The van der Waals surface area contributed by atoms with Crippen LogP contribution in [-0.4, -0.2) is 24.4 Å². The van der Waals surface area contributed by atoms with E-state index in [0.29, 0.717) is 5.69 Å². The summed E-state index contributed by atoms with van der Waals surface area (Å²) in [7, 11) is 1.54. The quantitative estimate of drug-likeness (QED) is 0.556. The third-order valence-corrected chi connectivity index (χ3v) is 3.99. The van der Waals surface area contributed by atoms with Crippen LogP contribution in [0, 0.1) is 15.9 Å². The lowest BCUT2D eigenvalue weighted by Gasteiger charge is -2.19. The molecular weight excluding hydrogens is 337 g/mol. The van der Waals surface area contributed by atoms with E-state index < -0.39 is 10.7 Å². The van der Waals surface area contributed by atoms with Gasteiger partial charge in [0.15, 0.2) is 0 Å². The molecule has 0 saturated carbocycles. The predicted molar refractivity (Wildman–Crippen MR) is 98.9 cm³/mol. The lowest BCUT2D eigenvalue weighted by atomic mass is 10.1. The van der Waals surface area contributed by atoms with E-state index in [0.717, 1.165) is 22.9 Å². The van der Waals surface area contributed by atoms with E-state index >= 15 is 0 Å². The highest BCUT2D eigenvalue weighted by Gasteiger charge is 2.20. The maximum atomic E-state index is 13.3. The van der Waals surface area contributed by atoms with Crippen LogP contribution in [0.1, 0.15) is 0 Å². The number of amides is 1. The smallest absolute Gasteiger partial charge is 0.295 e. The first-order chi connectivity index (χ1) is 12.5. The number of likely N-dealkylation sites (N-methyl/N-ethyl adjacent to an activating group) is 1. The maximum Gasteiger partial charge on any atom is 0.295 e. The zero-order chi connectivity index (χ0) is 18.7. The molecule has 3 aromatic rings. The number of rotatable bonds is 5. The SMILES string of the molecule is CN(CC(=O)Nc1cccc2ccccc12)c1ccc(F)cc1[N+](=O)[O-]. The first kappa shape index (κ1) is 17.3. The molecule has 0 radical (unpaired) electrons. The highest BCUT2D eigenvalue weighted by molar-refractivity contribution is 6.03. The van der Waals surface area contributed by atoms with Gasteiger partial charge in [-0.15, -0.1) is 0 Å². The van der Waals surface area contributed by atoms with Crippen molar-refractivity contribution >= 4 is 33.7 Å². The molecule has 0 atom stereocenters. The van der Waals surface area contributed by atoms with E-state index in [9.17, 15) is 19.3 Å². The van der Waals surface area contributed by atoms with Crippen LogP contribution in [0.2, 0.25) is 0 Å². The third kappa shape index (κ3) is 3.61. The summed E-state index contributed by atoms with van der Waals surface area (Å²) in [5.41, 5.74) is 0.449. The summed E-state index contributed by atoms with van der Waals surface area (Å²) in [6.45, 7) is -0.115. The number of carbonyl (C=O) groups is 1. The Morgan fingerprint density at radius 3 is 2.65 bits per heavy atom. The molecule has 26 heavy (non-hydrogen) atoms. The van der Waals surface area contributed by atoms with Crippen LogP contribution in [-0.2, 0) is 4.79 Å². The minimum absolute atomic E-state index is 0.115. The van der Waals surface area contributed by atoms with Gasteiger partial charge < -0.3 is 10.2 Å². The Balaban J connectivity index is 1.79. The van der Waals surface area contributed by atoms with Crippen molar-refractivity contribution in [1.29, 1.82) is 0 Å². The van der Waals surface area contributed by atoms with Crippen molar-refractivity contribution in [1.82, 2.24) is 0 Å². The Kier molecular flexibility index (Phi) is 4.79. The molecule has 6 nitrogen and oxygen atoms in total. The van der Waals surface area contributed by atoms with E-state index in [4.69, 9.17) is 0 Å². The number of hydrogen-bond acceptors (Lipinski definition) is 4. The second-order valence-corrected chi connectivity index (χ2v) is 5.82. The average molecular weight is 353 g/mol. The molecule has 0 unspecified atom stereocenters. The minimum Gasteiger partial charge on any atom is -0.360 e. The van der Waals surface area contributed by atoms with E-state index in [1.807, 2.05) is 36.4 Å². The molecule has 0 heterocycles. The van der Waals surface area contributed by atoms with Crippen molar-refractivity contribution in [2.45, 2.75) is 0 Å². The van der Waals surface area contributed by atoms with Crippen LogP contribution in [0.4, 0.5) is 21.5 Å².